The summed E-state index contributed by atoms with van der Waals surface area (Å²) in [6.07, 6.45) is -3.40. The summed E-state index contributed by atoms with van der Waals surface area (Å²) in [7, 11) is 0. The van der Waals surface area contributed by atoms with Gasteiger partial charge in [0.05, 0.1) is 44.6 Å². The van der Waals surface area contributed by atoms with E-state index in [9.17, 15) is 13.2 Å². The molecule has 0 aliphatic carbocycles. The van der Waals surface area contributed by atoms with Gasteiger partial charge < -0.3 is 20.5 Å². The van der Waals surface area contributed by atoms with Crippen LogP contribution in [0.2, 0.25) is 0 Å². The highest BCUT2D eigenvalue weighted by Crippen LogP contribution is 2.31. The molecule has 2 saturated heterocycles. The highest BCUT2D eigenvalue weighted by Gasteiger charge is 2.31. The van der Waals surface area contributed by atoms with Crippen LogP contribution >= 0.6 is 24.0 Å². The zero-order valence-electron chi connectivity index (χ0n) is 18.1. The minimum absolute atomic E-state index is 0. The largest absolute Gasteiger partial charge is 0.416 e. The normalized spacial score (nSPS) is 19.9. The number of nitrogens with zero attached hydrogens (tertiary/aromatic N) is 3. The van der Waals surface area contributed by atoms with Gasteiger partial charge in [-0.2, -0.15) is 13.2 Å². The van der Waals surface area contributed by atoms with E-state index in [0.29, 0.717) is 38.8 Å². The van der Waals surface area contributed by atoms with Crippen molar-refractivity contribution in [1.29, 1.82) is 0 Å². The summed E-state index contributed by atoms with van der Waals surface area (Å²) in [6.45, 7) is 8.13. The lowest BCUT2D eigenvalue weighted by Crippen LogP contribution is -2.41. The molecule has 1 aromatic carbocycles. The first-order chi connectivity index (χ1) is 14.9. The number of nitrogens with one attached hydrogen (secondary N) is 1. The molecule has 3 N–H and O–H groups in total. The van der Waals surface area contributed by atoms with Crippen molar-refractivity contribution in [2.45, 2.75) is 18.6 Å². The monoisotopic (exact) mass is 571 g/mol. The van der Waals surface area contributed by atoms with Crippen LogP contribution < -0.4 is 11.1 Å². The molecule has 1 aromatic rings. The molecule has 2 aliphatic rings. The van der Waals surface area contributed by atoms with Gasteiger partial charge in [0.25, 0.3) is 0 Å². The van der Waals surface area contributed by atoms with Crippen LogP contribution in [0.25, 0.3) is 0 Å². The Morgan fingerprint density at radius 3 is 2.22 bits per heavy atom. The minimum atomic E-state index is -4.35. The number of hydrogen-bond donors (Lipinski definition) is 2. The number of alkyl halides is 3. The molecule has 7 nitrogen and oxygen atoms in total. The number of morpholine rings is 2. The second-order valence-electron chi connectivity index (χ2n) is 7.74. The van der Waals surface area contributed by atoms with E-state index in [1.54, 1.807) is 0 Å². The number of nitrogens with two attached hydrogens (primary N) is 1. The van der Waals surface area contributed by atoms with Crippen molar-refractivity contribution in [3.63, 3.8) is 0 Å². The molecule has 1 unspecified atom stereocenters. The first-order valence-electron chi connectivity index (χ1n) is 10.8. The van der Waals surface area contributed by atoms with Crippen molar-refractivity contribution in [3.8, 4) is 0 Å². The SMILES string of the molecule is I.NC(=NCC(c1ccc(C(F)(F)F)cc1)N1CCOCC1)NCCCN1CCOCC1. The lowest BCUT2D eigenvalue weighted by molar-refractivity contribution is -0.137. The van der Waals surface area contributed by atoms with Gasteiger partial charge in [0.2, 0.25) is 0 Å². The first kappa shape index (κ1) is 27.1. The molecule has 182 valence electrons. The summed E-state index contributed by atoms with van der Waals surface area (Å²) in [5, 5.41) is 3.14. The van der Waals surface area contributed by atoms with Crippen molar-refractivity contribution >= 4 is 29.9 Å². The smallest absolute Gasteiger partial charge is 0.379 e. The van der Waals surface area contributed by atoms with E-state index in [2.05, 4.69) is 20.1 Å². The Labute approximate surface area is 204 Å². The van der Waals surface area contributed by atoms with Gasteiger partial charge in [0.1, 0.15) is 0 Å². The zero-order chi connectivity index (χ0) is 22.1. The molecular weight excluding hydrogens is 538 g/mol. The van der Waals surface area contributed by atoms with Gasteiger partial charge in [-0.15, -0.1) is 24.0 Å². The Balaban J connectivity index is 0.00000363. The fraction of sp³-hybridized carbons (Fsp3) is 0.667. The summed E-state index contributed by atoms with van der Waals surface area (Å²) >= 11 is 0. The second kappa shape index (κ2) is 13.5. The Bertz CT molecular complexity index is 694. The van der Waals surface area contributed by atoms with E-state index >= 15 is 0 Å². The van der Waals surface area contributed by atoms with Crippen LogP contribution in [0.1, 0.15) is 23.6 Å². The van der Waals surface area contributed by atoms with Gasteiger partial charge in [0.15, 0.2) is 5.96 Å². The summed E-state index contributed by atoms with van der Waals surface area (Å²) in [6, 6.07) is 5.16. The lowest BCUT2D eigenvalue weighted by atomic mass is 10.0. The van der Waals surface area contributed by atoms with Crippen LogP contribution in [-0.2, 0) is 15.7 Å². The lowest BCUT2D eigenvalue weighted by Gasteiger charge is -2.34. The molecule has 11 heteroatoms. The van der Waals surface area contributed by atoms with Gasteiger partial charge in [0, 0.05) is 32.7 Å². The predicted molar refractivity (Wildman–Crippen MR) is 128 cm³/mol. The fourth-order valence-corrected chi connectivity index (χ4v) is 3.80. The van der Waals surface area contributed by atoms with Gasteiger partial charge in [-0.05, 0) is 30.7 Å². The number of hydrogen-bond acceptors (Lipinski definition) is 5. The number of aliphatic imine (C=N–C) groups is 1. The second-order valence-corrected chi connectivity index (χ2v) is 7.74. The Morgan fingerprint density at radius 1 is 1.03 bits per heavy atom. The van der Waals surface area contributed by atoms with Crippen molar-refractivity contribution in [2.75, 3.05) is 72.2 Å². The van der Waals surface area contributed by atoms with E-state index in [-0.39, 0.29) is 30.0 Å². The van der Waals surface area contributed by atoms with Crippen molar-refractivity contribution in [2.24, 2.45) is 10.7 Å². The molecule has 2 heterocycles. The van der Waals surface area contributed by atoms with Crippen LogP contribution in [0, 0.1) is 0 Å². The molecule has 0 saturated carbocycles. The number of ether oxygens (including phenoxy) is 2. The maximum absolute atomic E-state index is 12.9. The van der Waals surface area contributed by atoms with E-state index in [1.165, 1.54) is 12.1 Å². The zero-order valence-corrected chi connectivity index (χ0v) is 20.5. The summed E-state index contributed by atoms with van der Waals surface area (Å²) < 4.78 is 49.5. The van der Waals surface area contributed by atoms with Crippen molar-refractivity contribution in [1.82, 2.24) is 15.1 Å². The van der Waals surface area contributed by atoms with Crippen LogP contribution in [0.15, 0.2) is 29.3 Å². The van der Waals surface area contributed by atoms with Gasteiger partial charge in [-0.1, -0.05) is 12.1 Å². The molecule has 1 atom stereocenters. The Kier molecular flexibility index (Phi) is 11.5. The predicted octanol–water partition coefficient (Wildman–Crippen LogP) is 2.32. The Hall–Kier alpha value is -1.15. The number of halogens is 4. The highest BCUT2D eigenvalue weighted by atomic mass is 127. The average Bonchev–Trinajstić information content (AvgIpc) is 2.78. The summed E-state index contributed by atoms with van der Waals surface area (Å²) in [5.74, 6) is 0.354. The van der Waals surface area contributed by atoms with Crippen LogP contribution in [0.3, 0.4) is 0 Å². The molecule has 3 rings (SSSR count). The van der Waals surface area contributed by atoms with Crippen LogP contribution in [0.5, 0.6) is 0 Å². The van der Waals surface area contributed by atoms with E-state index in [1.807, 2.05) is 0 Å². The fourth-order valence-electron chi connectivity index (χ4n) is 3.80. The van der Waals surface area contributed by atoms with Crippen LogP contribution in [-0.4, -0.2) is 88.0 Å². The number of rotatable bonds is 8. The summed E-state index contributed by atoms with van der Waals surface area (Å²) in [5.41, 5.74) is 6.18. The third-order valence-electron chi connectivity index (χ3n) is 5.60. The Morgan fingerprint density at radius 2 is 1.62 bits per heavy atom. The molecule has 0 aromatic heterocycles. The van der Waals surface area contributed by atoms with Gasteiger partial charge in [-0.3, -0.25) is 14.8 Å². The number of guanidine groups is 1. The molecular formula is C21H33F3IN5O2. The maximum Gasteiger partial charge on any atom is 0.416 e. The van der Waals surface area contributed by atoms with Crippen molar-refractivity contribution < 1.29 is 22.6 Å². The van der Waals surface area contributed by atoms with E-state index in [0.717, 1.165) is 63.5 Å². The third kappa shape index (κ3) is 8.65. The molecule has 0 radical (unpaired) electrons. The van der Waals surface area contributed by atoms with Crippen molar-refractivity contribution in [3.05, 3.63) is 35.4 Å². The maximum atomic E-state index is 12.9. The first-order valence-corrected chi connectivity index (χ1v) is 10.8. The minimum Gasteiger partial charge on any atom is -0.379 e. The molecule has 2 fully saturated rings. The topological polar surface area (TPSA) is 75.3 Å². The van der Waals surface area contributed by atoms with Gasteiger partial charge in [-0.25, -0.2) is 0 Å². The van der Waals surface area contributed by atoms with Gasteiger partial charge >= 0.3 is 6.18 Å². The third-order valence-corrected chi connectivity index (χ3v) is 5.60. The van der Waals surface area contributed by atoms with Crippen LogP contribution in [0.4, 0.5) is 13.2 Å². The molecule has 32 heavy (non-hydrogen) atoms. The summed E-state index contributed by atoms with van der Waals surface area (Å²) in [4.78, 5) is 9.02. The molecule has 2 aliphatic heterocycles. The standard InChI is InChI=1S/C21H32F3N5O2.HI/c22-21(23,24)18-4-2-17(3-5-18)19(29-10-14-31-15-11-29)16-27-20(25)26-6-1-7-28-8-12-30-13-9-28;/h2-5,19H,1,6-16H2,(H3,25,26,27);1H. The number of benzene rings is 1. The van der Waals surface area contributed by atoms with E-state index < -0.39 is 11.7 Å². The highest BCUT2D eigenvalue weighted by molar-refractivity contribution is 14.0. The molecule has 0 spiro atoms. The molecule has 0 bridgehead atoms. The van der Waals surface area contributed by atoms with E-state index in [4.69, 9.17) is 15.2 Å². The quantitative estimate of drug-likeness (QED) is 0.216. The average molecular weight is 571 g/mol. The molecule has 0 amide bonds.